The first kappa shape index (κ1) is 11.9. The Morgan fingerprint density at radius 2 is 2.27 bits per heavy atom. The Morgan fingerprint density at radius 3 is 2.87 bits per heavy atom. The van der Waals surface area contributed by atoms with Gasteiger partial charge < -0.3 is 5.11 Å². The molecule has 1 N–H and O–H groups in total. The van der Waals surface area contributed by atoms with Gasteiger partial charge >= 0.3 is 0 Å². The molecule has 0 bridgehead atoms. The molecule has 82 valence electrons. The van der Waals surface area contributed by atoms with Crippen molar-refractivity contribution in [1.82, 2.24) is 0 Å². The van der Waals surface area contributed by atoms with Crippen molar-refractivity contribution >= 4 is 0 Å². The Labute approximate surface area is 90.3 Å². The zero-order valence-corrected chi connectivity index (χ0v) is 9.04. The summed E-state index contributed by atoms with van der Waals surface area (Å²) in [5, 5.41) is 9.76. The van der Waals surface area contributed by atoms with E-state index in [0.29, 0.717) is 17.5 Å². The van der Waals surface area contributed by atoms with Crippen LogP contribution >= 0.6 is 0 Å². The summed E-state index contributed by atoms with van der Waals surface area (Å²) in [5.41, 5.74) is 1.26. The molecular weight excluding hydrogens is 191 g/mol. The molecule has 1 rings (SSSR count). The van der Waals surface area contributed by atoms with Gasteiger partial charge in [0.2, 0.25) is 0 Å². The number of unbranched alkanes of at least 4 members (excludes halogenated alkanes) is 1. The number of benzene rings is 1. The molecule has 0 fully saturated rings. The molecular formula is C13H17FO. The molecule has 1 aromatic rings. The van der Waals surface area contributed by atoms with Crippen LogP contribution in [0.2, 0.25) is 0 Å². The van der Waals surface area contributed by atoms with E-state index < -0.39 is 6.10 Å². The zero-order chi connectivity index (χ0) is 11.3. The minimum atomic E-state index is -0.569. The number of hydrogen-bond donors (Lipinski definition) is 1. The number of hydrogen-bond acceptors (Lipinski definition) is 1. The molecule has 0 spiro atoms. The molecule has 0 aromatic heterocycles. The molecule has 1 unspecified atom stereocenters. The fourth-order valence-corrected chi connectivity index (χ4v) is 1.44. The Hall–Kier alpha value is -1.15. The number of rotatable bonds is 5. The number of aliphatic hydroxyl groups excluding tert-OH is 1. The third-order valence-electron chi connectivity index (χ3n) is 2.47. The number of aryl methyl sites for hydroxylation is 1. The van der Waals surface area contributed by atoms with E-state index in [1.807, 2.05) is 6.08 Å². The first-order chi connectivity index (χ1) is 7.15. The van der Waals surface area contributed by atoms with E-state index in [1.54, 1.807) is 19.1 Å². The summed E-state index contributed by atoms with van der Waals surface area (Å²) in [5.74, 6) is -0.254. The van der Waals surface area contributed by atoms with Crippen LogP contribution in [0, 0.1) is 12.7 Å². The number of aliphatic hydroxyl groups is 1. The van der Waals surface area contributed by atoms with E-state index in [4.69, 9.17) is 0 Å². The zero-order valence-electron chi connectivity index (χ0n) is 9.04. The van der Waals surface area contributed by atoms with Gasteiger partial charge in [-0.1, -0.05) is 18.2 Å². The van der Waals surface area contributed by atoms with E-state index in [-0.39, 0.29) is 5.82 Å². The summed E-state index contributed by atoms with van der Waals surface area (Å²) in [7, 11) is 0. The molecule has 0 aliphatic heterocycles. The topological polar surface area (TPSA) is 20.2 Å². The van der Waals surface area contributed by atoms with Gasteiger partial charge in [-0.2, -0.15) is 0 Å². The fourth-order valence-electron chi connectivity index (χ4n) is 1.44. The lowest BCUT2D eigenvalue weighted by Crippen LogP contribution is -1.98. The van der Waals surface area contributed by atoms with Gasteiger partial charge in [0.05, 0.1) is 6.10 Å². The average Bonchev–Trinajstić information content (AvgIpc) is 2.22. The first-order valence-corrected chi connectivity index (χ1v) is 5.20. The maximum atomic E-state index is 13.2. The van der Waals surface area contributed by atoms with E-state index in [2.05, 4.69) is 6.58 Å². The van der Waals surface area contributed by atoms with E-state index in [0.717, 1.165) is 12.8 Å². The van der Waals surface area contributed by atoms with Gasteiger partial charge in [0.25, 0.3) is 0 Å². The van der Waals surface area contributed by atoms with Crippen molar-refractivity contribution in [3.63, 3.8) is 0 Å². The second kappa shape index (κ2) is 5.66. The van der Waals surface area contributed by atoms with Crippen LogP contribution in [0.4, 0.5) is 4.39 Å². The van der Waals surface area contributed by atoms with Gasteiger partial charge in [0, 0.05) is 0 Å². The lowest BCUT2D eigenvalue weighted by molar-refractivity contribution is 0.164. The molecule has 15 heavy (non-hydrogen) atoms. The quantitative estimate of drug-likeness (QED) is 0.579. The first-order valence-electron chi connectivity index (χ1n) is 5.20. The standard InChI is InChI=1S/C13H17FO/c1-3-4-5-6-13(15)11-8-7-10(2)12(14)9-11/h3,7-9,13,15H,1,4-6H2,2H3. The summed E-state index contributed by atoms with van der Waals surface area (Å²) in [6, 6.07) is 4.88. The van der Waals surface area contributed by atoms with Crippen LogP contribution in [-0.4, -0.2) is 5.11 Å². The molecule has 0 saturated heterocycles. The van der Waals surface area contributed by atoms with Crippen molar-refractivity contribution in [2.24, 2.45) is 0 Å². The number of halogens is 1. The van der Waals surface area contributed by atoms with Crippen molar-refractivity contribution in [2.75, 3.05) is 0 Å². The van der Waals surface area contributed by atoms with Gasteiger partial charge in [0.15, 0.2) is 0 Å². The van der Waals surface area contributed by atoms with Crippen molar-refractivity contribution in [3.8, 4) is 0 Å². The molecule has 0 heterocycles. The molecule has 2 heteroatoms. The van der Waals surface area contributed by atoms with Crippen LogP contribution in [0.25, 0.3) is 0 Å². The highest BCUT2D eigenvalue weighted by molar-refractivity contribution is 5.24. The lowest BCUT2D eigenvalue weighted by atomic mass is 10.0. The van der Waals surface area contributed by atoms with Crippen molar-refractivity contribution in [1.29, 1.82) is 0 Å². The third-order valence-corrected chi connectivity index (χ3v) is 2.47. The number of allylic oxidation sites excluding steroid dienone is 1. The van der Waals surface area contributed by atoms with Crippen LogP contribution in [0.1, 0.15) is 36.5 Å². The summed E-state index contributed by atoms with van der Waals surface area (Å²) in [6.07, 6.45) is 3.66. The van der Waals surface area contributed by atoms with E-state index >= 15 is 0 Å². The Balaban J connectivity index is 2.61. The summed E-state index contributed by atoms with van der Waals surface area (Å²) in [4.78, 5) is 0. The normalized spacial score (nSPS) is 12.5. The van der Waals surface area contributed by atoms with E-state index in [1.165, 1.54) is 6.07 Å². The Morgan fingerprint density at radius 1 is 1.53 bits per heavy atom. The minimum absolute atomic E-state index is 0.254. The van der Waals surface area contributed by atoms with Crippen LogP contribution in [0.3, 0.4) is 0 Å². The molecule has 0 aliphatic carbocycles. The van der Waals surface area contributed by atoms with E-state index in [9.17, 15) is 9.50 Å². The third kappa shape index (κ3) is 3.48. The smallest absolute Gasteiger partial charge is 0.126 e. The van der Waals surface area contributed by atoms with Crippen molar-refractivity contribution in [3.05, 3.63) is 47.8 Å². The molecule has 0 radical (unpaired) electrons. The van der Waals surface area contributed by atoms with Crippen LogP contribution in [-0.2, 0) is 0 Å². The van der Waals surface area contributed by atoms with Gasteiger partial charge in [0.1, 0.15) is 5.82 Å². The molecule has 1 atom stereocenters. The largest absolute Gasteiger partial charge is 0.388 e. The monoisotopic (exact) mass is 208 g/mol. The minimum Gasteiger partial charge on any atom is -0.388 e. The maximum Gasteiger partial charge on any atom is 0.126 e. The average molecular weight is 208 g/mol. The molecule has 0 amide bonds. The Bertz CT molecular complexity index is 333. The highest BCUT2D eigenvalue weighted by Gasteiger charge is 2.08. The van der Waals surface area contributed by atoms with Crippen molar-refractivity contribution in [2.45, 2.75) is 32.3 Å². The van der Waals surface area contributed by atoms with Gasteiger partial charge in [-0.15, -0.1) is 6.58 Å². The lowest BCUT2D eigenvalue weighted by Gasteiger charge is -2.10. The maximum absolute atomic E-state index is 13.2. The SMILES string of the molecule is C=CCCCC(O)c1ccc(C)c(F)c1. The highest BCUT2D eigenvalue weighted by atomic mass is 19.1. The second-order valence-corrected chi connectivity index (χ2v) is 3.74. The molecule has 1 aromatic carbocycles. The highest BCUT2D eigenvalue weighted by Crippen LogP contribution is 2.21. The summed E-state index contributed by atoms with van der Waals surface area (Å²) in [6.45, 7) is 5.33. The Kier molecular flexibility index (Phi) is 4.50. The van der Waals surface area contributed by atoms with Crippen LogP contribution in [0.5, 0.6) is 0 Å². The summed E-state index contributed by atoms with van der Waals surface area (Å²) >= 11 is 0. The fraction of sp³-hybridized carbons (Fsp3) is 0.385. The van der Waals surface area contributed by atoms with Gasteiger partial charge in [-0.3, -0.25) is 0 Å². The molecule has 0 saturated carbocycles. The molecule has 0 aliphatic rings. The molecule has 1 nitrogen and oxygen atoms in total. The van der Waals surface area contributed by atoms with Crippen LogP contribution in [0.15, 0.2) is 30.9 Å². The van der Waals surface area contributed by atoms with Gasteiger partial charge in [-0.25, -0.2) is 4.39 Å². The predicted octanol–water partition coefficient (Wildman–Crippen LogP) is 3.52. The van der Waals surface area contributed by atoms with Crippen molar-refractivity contribution < 1.29 is 9.50 Å². The van der Waals surface area contributed by atoms with Gasteiger partial charge in [-0.05, 0) is 43.4 Å². The van der Waals surface area contributed by atoms with Crippen LogP contribution < -0.4 is 0 Å². The summed E-state index contributed by atoms with van der Waals surface area (Å²) < 4.78 is 13.2. The predicted molar refractivity (Wildman–Crippen MR) is 60.1 cm³/mol. The second-order valence-electron chi connectivity index (χ2n) is 3.74.